The van der Waals surface area contributed by atoms with Crippen LogP contribution in [0, 0.1) is 17.6 Å². The van der Waals surface area contributed by atoms with E-state index in [1.807, 2.05) is 6.92 Å². The van der Waals surface area contributed by atoms with Crippen molar-refractivity contribution < 1.29 is 18.6 Å². The molecule has 0 saturated carbocycles. The highest BCUT2D eigenvalue weighted by Gasteiger charge is 2.33. The van der Waals surface area contributed by atoms with E-state index in [1.165, 1.54) is 0 Å². The van der Waals surface area contributed by atoms with E-state index in [0.717, 1.165) is 12.1 Å². The Hall–Kier alpha value is -0.520. The van der Waals surface area contributed by atoms with Gasteiger partial charge in [0.05, 0.1) is 16.7 Å². The first-order valence-corrected chi connectivity index (χ1v) is 6.24. The predicted molar refractivity (Wildman–Crippen MR) is 62.5 cm³/mol. The van der Waals surface area contributed by atoms with Crippen molar-refractivity contribution in [3.63, 3.8) is 0 Å². The van der Waals surface area contributed by atoms with E-state index in [2.05, 4.69) is 15.9 Å². The normalized spacial score (nSPS) is 26.2. The molecule has 0 aromatic heterocycles. The molecular formula is C12H13BrF2O2. The quantitative estimate of drug-likeness (QED) is 0.850. The molecule has 1 aliphatic heterocycles. The van der Waals surface area contributed by atoms with Crippen molar-refractivity contribution in [1.29, 1.82) is 0 Å². The van der Waals surface area contributed by atoms with Gasteiger partial charge in [-0.1, -0.05) is 0 Å². The van der Waals surface area contributed by atoms with Gasteiger partial charge in [-0.3, -0.25) is 0 Å². The van der Waals surface area contributed by atoms with Crippen molar-refractivity contribution in [2.75, 3.05) is 6.61 Å². The molecule has 94 valence electrons. The smallest absolute Gasteiger partial charge is 0.137 e. The number of ether oxygens (including phenoxy) is 1. The van der Waals surface area contributed by atoms with Crippen LogP contribution >= 0.6 is 15.9 Å². The predicted octanol–water partition coefficient (Wildman–Crippen LogP) is 3.19. The summed E-state index contributed by atoms with van der Waals surface area (Å²) in [6.45, 7) is 2.37. The molecule has 0 bridgehead atoms. The fourth-order valence-corrected chi connectivity index (χ4v) is 2.47. The van der Waals surface area contributed by atoms with Gasteiger partial charge < -0.3 is 9.84 Å². The number of halogens is 3. The Labute approximate surface area is 107 Å². The standard InChI is InChI=1S/C12H13BrF2O2/c1-6-7(2-3-17-6)12(16)8-4-11(15)9(13)5-10(8)14/h4-7,12,16H,2-3H2,1H3. The van der Waals surface area contributed by atoms with Crippen LogP contribution in [0.2, 0.25) is 0 Å². The van der Waals surface area contributed by atoms with Gasteiger partial charge in [-0.2, -0.15) is 0 Å². The van der Waals surface area contributed by atoms with Gasteiger partial charge >= 0.3 is 0 Å². The summed E-state index contributed by atoms with van der Waals surface area (Å²) in [7, 11) is 0. The molecule has 1 aromatic carbocycles. The third-order valence-corrected chi connectivity index (χ3v) is 3.81. The molecule has 2 rings (SSSR count). The van der Waals surface area contributed by atoms with Crippen LogP contribution in [0.25, 0.3) is 0 Å². The molecule has 1 aliphatic rings. The highest BCUT2D eigenvalue weighted by Crippen LogP contribution is 2.35. The van der Waals surface area contributed by atoms with E-state index in [9.17, 15) is 13.9 Å². The van der Waals surface area contributed by atoms with Gasteiger partial charge in [-0.15, -0.1) is 0 Å². The highest BCUT2D eigenvalue weighted by atomic mass is 79.9. The van der Waals surface area contributed by atoms with Gasteiger partial charge in [0, 0.05) is 18.1 Å². The minimum absolute atomic E-state index is 0.00644. The van der Waals surface area contributed by atoms with E-state index >= 15 is 0 Å². The number of hydrogen-bond acceptors (Lipinski definition) is 2. The summed E-state index contributed by atoms with van der Waals surface area (Å²) in [6.07, 6.45) is -0.523. The van der Waals surface area contributed by atoms with Crippen LogP contribution in [0.1, 0.15) is 25.0 Å². The van der Waals surface area contributed by atoms with E-state index in [4.69, 9.17) is 4.74 Å². The lowest BCUT2D eigenvalue weighted by Gasteiger charge is -2.21. The van der Waals surface area contributed by atoms with Crippen molar-refractivity contribution in [3.05, 3.63) is 33.8 Å². The summed E-state index contributed by atoms with van der Waals surface area (Å²) in [5.41, 5.74) is -0.00644. The van der Waals surface area contributed by atoms with Gasteiger partial charge in [-0.25, -0.2) is 8.78 Å². The second-order valence-electron chi connectivity index (χ2n) is 4.26. The van der Waals surface area contributed by atoms with Crippen molar-refractivity contribution >= 4 is 15.9 Å². The molecule has 17 heavy (non-hydrogen) atoms. The third-order valence-electron chi connectivity index (χ3n) is 3.20. The van der Waals surface area contributed by atoms with Crippen molar-refractivity contribution in [2.24, 2.45) is 5.92 Å². The first kappa shape index (κ1) is 12.9. The molecule has 0 spiro atoms. The number of rotatable bonds is 2. The molecule has 1 aromatic rings. The largest absolute Gasteiger partial charge is 0.388 e. The number of hydrogen-bond donors (Lipinski definition) is 1. The fraction of sp³-hybridized carbons (Fsp3) is 0.500. The second kappa shape index (κ2) is 5.00. The Balaban J connectivity index is 2.30. The Morgan fingerprint density at radius 2 is 2.12 bits per heavy atom. The first-order chi connectivity index (χ1) is 8.00. The molecule has 0 amide bonds. The van der Waals surface area contributed by atoms with Crippen LogP contribution < -0.4 is 0 Å². The Morgan fingerprint density at radius 3 is 2.71 bits per heavy atom. The molecule has 1 saturated heterocycles. The Bertz CT molecular complexity index is 425. The molecule has 1 heterocycles. The van der Waals surface area contributed by atoms with Crippen LogP contribution in [0.15, 0.2) is 16.6 Å². The Morgan fingerprint density at radius 1 is 1.41 bits per heavy atom. The van der Waals surface area contributed by atoms with Crippen LogP contribution in [-0.2, 0) is 4.74 Å². The zero-order valence-electron chi connectivity index (χ0n) is 9.29. The minimum atomic E-state index is -1.03. The molecular weight excluding hydrogens is 294 g/mol. The first-order valence-electron chi connectivity index (χ1n) is 5.45. The molecule has 0 aliphatic carbocycles. The average molecular weight is 307 g/mol. The topological polar surface area (TPSA) is 29.5 Å². The molecule has 2 nitrogen and oxygen atoms in total. The minimum Gasteiger partial charge on any atom is -0.388 e. The molecule has 1 N–H and O–H groups in total. The van der Waals surface area contributed by atoms with Crippen LogP contribution in [0.4, 0.5) is 8.78 Å². The number of benzene rings is 1. The molecule has 0 radical (unpaired) electrons. The lowest BCUT2D eigenvalue weighted by atomic mass is 9.90. The maximum Gasteiger partial charge on any atom is 0.137 e. The summed E-state index contributed by atoms with van der Waals surface area (Å²) < 4.78 is 32.4. The lowest BCUT2D eigenvalue weighted by Crippen LogP contribution is -2.20. The van der Waals surface area contributed by atoms with E-state index in [-0.39, 0.29) is 22.1 Å². The van der Waals surface area contributed by atoms with Crippen molar-refractivity contribution in [2.45, 2.75) is 25.6 Å². The van der Waals surface area contributed by atoms with Gasteiger partial charge in [0.1, 0.15) is 11.6 Å². The van der Waals surface area contributed by atoms with Gasteiger partial charge in [0.15, 0.2) is 0 Å². The lowest BCUT2D eigenvalue weighted by molar-refractivity contribution is 0.0413. The average Bonchev–Trinajstić information content (AvgIpc) is 2.69. The summed E-state index contributed by atoms with van der Waals surface area (Å²) in [4.78, 5) is 0. The Kier molecular flexibility index (Phi) is 3.80. The van der Waals surface area contributed by atoms with Gasteiger partial charge in [0.25, 0.3) is 0 Å². The maximum atomic E-state index is 13.7. The van der Waals surface area contributed by atoms with E-state index < -0.39 is 17.7 Å². The molecule has 5 heteroatoms. The van der Waals surface area contributed by atoms with Gasteiger partial charge in [0.2, 0.25) is 0 Å². The summed E-state index contributed by atoms with van der Waals surface area (Å²) in [6, 6.07) is 2.07. The van der Waals surface area contributed by atoms with Crippen molar-refractivity contribution in [1.82, 2.24) is 0 Å². The summed E-state index contributed by atoms with van der Waals surface area (Å²) in [5, 5.41) is 10.1. The summed E-state index contributed by atoms with van der Waals surface area (Å²) in [5.74, 6) is -1.37. The molecule has 1 fully saturated rings. The van der Waals surface area contributed by atoms with Crippen molar-refractivity contribution in [3.8, 4) is 0 Å². The number of aliphatic hydroxyl groups excluding tert-OH is 1. The highest BCUT2D eigenvalue weighted by molar-refractivity contribution is 9.10. The number of aliphatic hydroxyl groups is 1. The zero-order valence-corrected chi connectivity index (χ0v) is 10.9. The van der Waals surface area contributed by atoms with E-state index in [1.54, 1.807) is 0 Å². The van der Waals surface area contributed by atoms with Crippen LogP contribution in [-0.4, -0.2) is 17.8 Å². The third kappa shape index (κ3) is 2.51. The monoisotopic (exact) mass is 306 g/mol. The summed E-state index contributed by atoms with van der Waals surface area (Å²) >= 11 is 2.90. The van der Waals surface area contributed by atoms with E-state index in [0.29, 0.717) is 13.0 Å². The van der Waals surface area contributed by atoms with Gasteiger partial charge in [-0.05, 0) is 41.4 Å². The second-order valence-corrected chi connectivity index (χ2v) is 5.12. The maximum absolute atomic E-state index is 13.7. The molecule has 3 unspecified atom stereocenters. The molecule has 3 atom stereocenters. The SMILES string of the molecule is CC1OCCC1C(O)c1cc(F)c(Br)cc1F. The zero-order chi connectivity index (χ0) is 12.6. The fourth-order valence-electron chi connectivity index (χ4n) is 2.16. The van der Waals surface area contributed by atoms with Crippen LogP contribution in [0.5, 0.6) is 0 Å². The van der Waals surface area contributed by atoms with Crippen LogP contribution in [0.3, 0.4) is 0 Å².